The standard InChI is InChI=1S/C15H13ClFNO2/c1-9(18-13-7-11(17)3-4-12(13)16)10-2-5-14-15(6-10)20-8-19-14/h2-7,9,18H,8H2,1H3. The Labute approximate surface area is 121 Å². The van der Waals surface area contributed by atoms with Crippen molar-refractivity contribution in [3.8, 4) is 11.5 Å². The molecular weight excluding hydrogens is 281 g/mol. The lowest BCUT2D eigenvalue weighted by molar-refractivity contribution is 0.174. The van der Waals surface area contributed by atoms with Gasteiger partial charge < -0.3 is 14.8 Å². The maximum Gasteiger partial charge on any atom is 0.231 e. The summed E-state index contributed by atoms with van der Waals surface area (Å²) >= 11 is 6.05. The molecule has 1 heterocycles. The zero-order chi connectivity index (χ0) is 14.1. The third kappa shape index (κ3) is 2.51. The minimum atomic E-state index is -0.324. The Morgan fingerprint density at radius 2 is 1.95 bits per heavy atom. The molecule has 0 aromatic heterocycles. The summed E-state index contributed by atoms with van der Waals surface area (Å²) in [7, 11) is 0. The van der Waals surface area contributed by atoms with Crippen molar-refractivity contribution in [2.75, 3.05) is 12.1 Å². The van der Waals surface area contributed by atoms with Crippen LogP contribution in [0.2, 0.25) is 5.02 Å². The van der Waals surface area contributed by atoms with E-state index in [1.165, 1.54) is 18.2 Å². The topological polar surface area (TPSA) is 30.5 Å². The van der Waals surface area contributed by atoms with Crippen LogP contribution in [0.25, 0.3) is 0 Å². The van der Waals surface area contributed by atoms with Gasteiger partial charge in [-0.05, 0) is 42.8 Å². The molecule has 0 aliphatic carbocycles. The largest absolute Gasteiger partial charge is 0.454 e. The molecule has 1 unspecified atom stereocenters. The normalized spacial score (nSPS) is 14.2. The number of anilines is 1. The predicted octanol–water partition coefficient (Wildman–Crippen LogP) is 4.38. The third-order valence-electron chi connectivity index (χ3n) is 3.20. The highest BCUT2D eigenvalue weighted by Gasteiger charge is 2.16. The first-order chi connectivity index (χ1) is 9.63. The summed E-state index contributed by atoms with van der Waals surface area (Å²) in [5.41, 5.74) is 1.58. The zero-order valence-corrected chi connectivity index (χ0v) is 11.6. The molecule has 1 aliphatic heterocycles. The fourth-order valence-corrected chi connectivity index (χ4v) is 2.28. The van der Waals surface area contributed by atoms with Gasteiger partial charge in [-0.3, -0.25) is 0 Å². The first-order valence-corrected chi connectivity index (χ1v) is 6.62. The van der Waals surface area contributed by atoms with Crippen LogP contribution in [0.4, 0.5) is 10.1 Å². The summed E-state index contributed by atoms with van der Waals surface area (Å²) in [6.45, 7) is 2.22. The van der Waals surface area contributed by atoms with E-state index in [4.69, 9.17) is 21.1 Å². The van der Waals surface area contributed by atoms with Crippen LogP contribution in [0.3, 0.4) is 0 Å². The molecule has 0 bridgehead atoms. The average Bonchev–Trinajstić information content (AvgIpc) is 2.90. The maximum absolute atomic E-state index is 13.2. The molecule has 3 rings (SSSR count). The number of hydrogen-bond acceptors (Lipinski definition) is 3. The first-order valence-electron chi connectivity index (χ1n) is 6.24. The first kappa shape index (κ1) is 13.1. The van der Waals surface area contributed by atoms with E-state index in [9.17, 15) is 4.39 Å². The molecule has 0 amide bonds. The van der Waals surface area contributed by atoms with E-state index in [1.54, 1.807) is 0 Å². The second kappa shape index (κ2) is 5.21. The Kier molecular flexibility index (Phi) is 3.40. The van der Waals surface area contributed by atoms with Crippen molar-refractivity contribution < 1.29 is 13.9 Å². The number of nitrogens with one attached hydrogen (secondary N) is 1. The van der Waals surface area contributed by atoms with Crippen LogP contribution < -0.4 is 14.8 Å². The highest BCUT2D eigenvalue weighted by atomic mass is 35.5. The fraction of sp³-hybridized carbons (Fsp3) is 0.200. The average molecular weight is 294 g/mol. The maximum atomic E-state index is 13.2. The SMILES string of the molecule is CC(Nc1cc(F)ccc1Cl)c1ccc2c(c1)OCO2. The molecule has 0 spiro atoms. The molecule has 0 radical (unpaired) electrons. The predicted molar refractivity (Wildman–Crippen MR) is 76.0 cm³/mol. The van der Waals surface area contributed by atoms with Crippen molar-refractivity contribution in [1.82, 2.24) is 0 Å². The molecule has 20 heavy (non-hydrogen) atoms. The Hall–Kier alpha value is -1.94. The van der Waals surface area contributed by atoms with Crippen LogP contribution >= 0.6 is 11.6 Å². The molecule has 5 heteroatoms. The second-order valence-electron chi connectivity index (χ2n) is 4.60. The van der Waals surface area contributed by atoms with Crippen molar-refractivity contribution in [1.29, 1.82) is 0 Å². The second-order valence-corrected chi connectivity index (χ2v) is 5.01. The smallest absolute Gasteiger partial charge is 0.231 e. The van der Waals surface area contributed by atoms with Gasteiger partial charge in [0.1, 0.15) is 5.82 Å². The van der Waals surface area contributed by atoms with E-state index in [-0.39, 0.29) is 18.7 Å². The summed E-state index contributed by atoms with van der Waals surface area (Å²) in [6, 6.07) is 9.92. The van der Waals surface area contributed by atoms with Gasteiger partial charge in [0, 0.05) is 6.04 Å². The van der Waals surface area contributed by atoms with Crippen LogP contribution in [0, 0.1) is 5.82 Å². The molecule has 104 valence electrons. The highest BCUT2D eigenvalue weighted by molar-refractivity contribution is 6.33. The van der Waals surface area contributed by atoms with Gasteiger partial charge in [0.15, 0.2) is 11.5 Å². The number of benzene rings is 2. The Bertz CT molecular complexity index is 648. The summed E-state index contributed by atoms with van der Waals surface area (Å²) in [5, 5.41) is 3.68. The lowest BCUT2D eigenvalue weighted by Gasteiger charge is -2.17. The molecule has 0 saturated carbocycles. The number of halogens is 2. The van der Waals surface area contributed by atoms with Crippen LogP contribution in [0.1, 0.15) is 18.5 Å². The van der Waals surface area contributed by atoms with Crippen LogP contribution in [-0.4, -0.2) is 6.79 Å². The van der Waals surface area contributed by atoms with Crippen molar-refractivity contribution in [3.63, 3.8) is 0 Å². The summed E-state index contributed by atoms with van der Waals surface area (Å²) in [5.74, 6) is 1.14. The minimum Gasteiger partial charge on any atom is -0.454 e. The lowest BCUT2D eigenvalue weighted by atomic mass is 10.1. The summed E-state index contributed by atoms with van der Waals surface area (Å²) in [6.07, 6.45) is 0. The summed E-state index contributed by atoms with van der Waals surface area (Å²) in [4.78, 5) is 0. The quantitative estimate of drug-likeness (QED) is 0.911. The van der Waals surface area contributed by atoms with Gasteiger partial charge in [-0.25, -0.2) is 4.39 Å². The number of ether oxygens (including phenoxy) is 2. The third-order valence-corrected chi connectivity index (χ3v) is 3.53. The highest BCUT2D eigenvalue weighted by Crippen LogP contribution is 2.35. The van der Waals surface area contributed by atoms with Crippen molar-refractivity contribution in [2.24, 2.45) is 0 Å². The van der Waals surface area contributed by atoms with E-state index in [2.05, 4.69) is 5.32 Å². The van der Waals surface area contributed by atoms with Crippen LogP contribution in [-0.2, 0) is 0 Å². The zero-order valence-electron chi connectivity index (χ0n) is 10.8. The molecule has 2 aromatic carbocycles. The van der Waals surface area contributed by atoms with E-state index < -0.39 is 0 Å². The van der Waals surface area contributed by atoms with Crippen molar-refractivity contribution >= 4 is 17.3 Å². The van der Waals surface area contributed by atoms with Crippen LogP contribution in [0.15, 0.2) is 36.4 Å². The van der Waals surface area contributed by atoms with Gasteiger partial charge in [-0.2, -0.15) is 0 Å². The molecular formula is C15H13ClFNO2. The van der Waals surface area contributed by atoms with Crippen molar-refractivity contribution in [2.45, 2.75) is 13.0 Å². The van der Waals surface area contributed by atoms with Gasteiger partial charge in [-0.1, -0.05) is 17.7 Å². The van der Waals surface area contributed by atoms with Gasteiger partial charge in [-0.15, -0.1) is 0 Å². The Morgan fingerprint density at radius 3 is 2.80 bits per heavy atom. The van der Waals surface area contributed by atoms with Gasteiger partial charge in [0.2, 0.25) is 6.79 Å². The molecule has 0 saturated heterocycles. The van der Waals surface area contributed by atoms with E-state index in [0.717, 1.165) is 17.1 Å². The number of hydrogen-bond donors (Lipinski definition) is 1. The van der Waals surface area contributed by atoms with Crippen LogP contribution in [0.5, 0.6) is 11.5 Å². The minimum absolute atomic E-state index is 0.0381. The van der Waals surface area contributed by atoms with E-state index >= 15 is 0 Å². The van der Waals surface area contributed by atoms with Crippen molar-refractivity contribution in [3.05, 3.63) is 52.8 Å². The number of fused-ring (bicyclic) bond motifs is 1. The fourth-order valence-electron chi connectivity index (χ4n) is 2.11. The molecule has 2 aromatic rings. The lowest BCUT2D eigenvalue weighted by Crippen LogP contribution is -2.07. The Morgan fingerprint density at radius 1 is 1.15 bits per heavy atom. The van der Waals surface area contributed by atoms with E-state index in [1.807, 2.05) is 25.1 Å². The summed E-state index contributed by atoms with van der Waals surface area (Å²) < 4.78 is 23.9. The molecule has 1 aliphatic rings. The molecule has 1 N–H and O–H groups in total. The molecule has 3 nitrogen and oxygen atoms in total. The van der Waals surface area contributed by atoms with Gasteiger partial charge >= 0.3 is 0 Å². The Balaban J connectivity index is 1.82. The van der Waals surface area contributed by atoms with E-state index in [0.29, 0.717) is 10.7 Å². The molecule has 1 atom stereocenters. The monoisotopic (exact) mass is 293 g/mol. The van der Waals surface area contributed by atoms with Gasteiger partial charge in [0.25, 0.3) is 0 Å². The van der Waals surface area contributed by atoms with Gasteiger partial charge in [0.05, 0.1) is 10.7 Å². The molecule has 0 fully saturated rings. The number of rotatable bonds is 3.